The molecule has 5 heteroatoms. The number of hydrogen-bond acceptors (Lipinski definition) is 4. The molecule has 0 bridgehead atoms. The van der Waals surface area contributed by atoms with Gasteiger partial charge in [0.1, 0.15) is 0 Å². The molecule has 2 N–H and O–H groups in total. The molecule has 1 rings (SSSR count). The minimum atomic E-state index is -0.542. The van der Waals surface area contributed by atoms with E-state index in [1.165, 1.54) is 18.2 Å². The lowest BCUT2D eigenvalue weighted by atomic mass is 10.1. The van der Waals surface area contributed by atoms with E-state index in [2.05, 4.69) is 0 Å². The van der Waals surface area contributed by atoms with Gasteiger partial charge in [-0.1, -0.05) is 0 Å². The van der Waals surface area contributed by atoms with Crippen molar-refractivity contribution in [1.82, 2.24) is 0 Å². The molecule has 1 aromatic rings. The Hall–Kier alpha value is -1.93. The molecule has 0 aliphatic heterocycles. The highest BCUT2D eigenvalue weighted by molar-refractivity contribution is 5.44. The molecule has 0 fully saturated rings. The summed E-state index contributed by atoms with van der Waals surface area (Å²) in [6.07, 6.45) is 0. The molecule has 0 aliphatic carbocycles. The summed E-state index contributed by atoms with van der Waals surface area (Å²) in [7, 11) is 0. The van der Waals surface area contributed by atoms with Gasteiger partial charge in [0.15, 0.2) is 0 Å². The summed E-state index contributed by atoms with van der Waals surface area (Å²) < 4.78 is 0. The predicted molar refractivity (Wildman–Crippen MR) is 45.7 cm³/mol. The third kappa shape index (κ3) is 2.01. The summed E-state index contributed by atoms with van der Waals surface area (Å²) in [6.45, 7) is 0.191. The van der Waals surface area contributed by atoms with E-state index in [0.717, 1.165) is 0 Å². The number of nitro groups is 1. The zero-order valence-electron chi connectivity index (χ0n) is 6.73. The van der Waals surface area contributed by atoms with Crippen LogP contribution in [0.1, 0.15) is 11.1 Å². The average molecular weight is 177 g/mol. The maximum atomic E-state index is 10.4. The van der Waals surface area contributed by atoms with Gasteiger partial charge in [-0.15, -0.1) is 0 Å². The first-order valence-electron chi connectivity index (χ1n) is 3.56. The SMILES string of the molecule is N#Cc1cc(CN)cc([N+](=O)[O-])c1. The topological polar surface area (TPSA) is 93.0 Å². The minimum absolute atomic E-state index is 0.0977. The van der Waals surface area contributed by atoms with Gasteiger partial charge in [0.05, 0.1) is 16.6 Å². The molecule has 0 spiro atoms. The van der Waals surface area contributed by atoms with Crippen molar-refractivity contribution < 1.29 is 4.92 Å². The highest BCUT2D eigenvalue weighted by Gasteiger charge is 2.08. The van der Waals surface area contributed by atoms with Crippen LogP contribution in [0.25, 0.3) is 0 Å². The Morgan fingerprint density at radius 3 is 2.69 bits per heavy atom. The quantitative estimate of drug-likeness (QED) is 0.537. The average Bonchev–Trinajstić information content (AvgIpc) is 2.16. The van der Waals surface area contributed by atoms with Crippen LogP contribution in [0, 0.1) is 21.4 Å². The maximum absolute atomic E-state index is 10.4. The number of benzene rings is 1. The Morgan fingerprint density at radius 1 is 1.54 bits per heavy atom. The van der Waals surface area contributed by atoms with Crippen molar-refractivity contribution in [1.29, 1.82) is 5.26 Å². The van der Waals surface area contributed by atoms with E-state index in [1.807, 2.05) is 6.07 Å². The van der Waals surface area contributed by atoms with Crippen molar-refractivity contribution in [2.75, 3.05) is 0 Å². The molecule has 1 aromatic carbocycles. The van der Waals surface area contributed by atoms with Gasteiger partial charge < -0.3 is 5.73 Å². The van der Waals surface area contributed by atoms with Crippen molar-refractivity contribution in [3.8, 4) is 6.07 Å². The first kappa shape index (κ1) is 9.16. The van der Waals surface area contributed by atoms with Gasteiger partial charge in [-0.25, -0.2) is 0 Å². The van der Waals surface area contributed by atoms with E-state index in [-0.39, 0.29) is 17.8 Å². The highest BCUT2D eigenvalue weighted by atomic mass is 16.6. The van der Waals surface area contributed by atoms with Gasteiger partial charge in [0.25, 0.3) is 5.69 Å². The van der Waals surface area contributed by atoms with Crippen LogP contribution in [0.4, 0.5) is 5.69 Å². The van der Waals surface area contributed by atoms with Gasteiger partial charge >= 0.3 is 0 Å². The summed E-state index contributed by atoms with van der Waals surface area (Å²) >= 11 is 0. The van der Waals surface area contributed by atoms with Crippen LogP contribution >= 0.6 is 0 Å². The highest BCUT2D eigenvalue weighted by Crippen LogP contribution is 2.16. The smallest absolute Gasteiger partial charge is 0.271 e. The van der Waals surface area contributed by atoms with Crippen molar-refractivity contribution in [3.63, 3.8) is 0 Å². The van der Waals surface area contributed by atoms with Gasteiger partial charge in [0, 0.05) is 18.7 Å². The van der Waals surface area contributed by atoms with Crippen molar-refractivity contribution in [3.05, 3.63) is 39.4 Å². The second kappa shape index (κ2) is 3.65. The number of non-ortho nitro benzene ring substituents is 1. The Kier molecular flexibility index (Phi) is 2.57. The standard InChI is InChI=1S/C8H7N3O2/c9-4-6-1-7(5-10)3-8(2-6)11(12)13/h1-3H,4,9H2. The molecule has 5 nitrogen and oxygen atoms in total. The van der Waals surface area contributed by atoms with Gasteiger partial charge in [-0.2, -0.15) is 5.26 Å². The summed E-state index contributed by atoms with van der Waals surface area (Å²) in [5, 5.41) is 18.9. The van der Waals surface area contributed by atoms with Gasteiger partial charge in [0.2, 0.25) is 0 Å². The molecule has 0 unspecified atom stereocenters. The van der Waals surface area contributed by atoms with Crippen molar-refractivity contribution in [2.45, 2.75) is 6.54 Å². The van der Waals surface area contributed by atoms with Gasteiger partial charge in [-0.05, 0) is 11.6 Å². The summed E-state index contributed by atoms with van der Waals surface area (Å²) in [5.74, 6) is 0. The first-order valence-corrected chi connectivity index (χ1v) is 3.56. The molecule has 0 radical (unpaired) electrons. The molecular formula is C8H7N3O2. The predicted octanol–water partition coefficient (Wildman–Crippen LogP) is 0.925. The monoisotopic (exact) mass is 177 g/mol. The molecule has 0 aliphatic rings. The number of hydrogen-bond donors (Lipinski definition) is 1. The minimum Gasteiger partial charge on any atom is -0.326 e. The summed E-state index contributed by atoms with van der Waals surface area (Å²) in [4.78, 5) is 9.85. The van der Waals surface area contributed by atoms with Crippen molar-refractivity contribution in [2.24, 2.45) is 5.73 Å². The second-order valence-corrected chi connectivity index (χ2v) is 2.46. The molecular weight excluding hydrogens is 170 g/mol. The zero-order valence-corrected chi connectivity index (χ0v) is 6.73. The molecule has 66 valence electrons. The molecule has 0 atom stereocenters. The molecule has 0 saturated heterocycles. The third-order valence-corrected chi connectivity index (χ3v) is 1.55. The maximum Gasteiger partial charge on any atom is 0.271 e. The number of nitriles is 1. The van der Waals surface area contributed by atoms with Crippen LogP contribution in [-0.4, -0.2) is 4.92 Å². The number of nitro benzene ring substituents is 1. The second-order valence-electron chi connectivity index (χ2n) is 2.46. The van der Waals surface area contributed by atoms with E-state index in [4.69, 9.17) is 11.0 Å². The number of nitrogens with zero attached hydrogens (tertiary/aromatic N) is 2. The van der Waals surface area contributed by atoms with Crippen LogP contribution < -0.4 is 5.73 Å². The fourth-order valence-electron chi connectivity index (χ4n) is 0.962. The number of rotatable bonds is 2. The lowest BCUT2D eigenvalue weighted by Gasteiger charge is -1.97. The Bertz CT molecular complexity index is 381. The Labute approximate surface area is 74.5 Å². The lowest BCUT2D eigenvalue weighted by molar-refractivity contribution is -0.384. The molecule has 0 aromatic heterocycles. The van der Waals surface area contributed by atoms with Crippen LogP contribution in [-0.2, 0) is 6.54 Å². The molecule has 13 heavy (non-hydrogen) atoms. The van der Waals surface area contributed by atoms with Gasteiger partial charge in [-0.3, -0.25) is 10.1 Å². The van der Waals surface area contributed by atoms with E-state index in [0.29, 0.717) is 5.56 Å². The van der Waals surface area contributed by atoms with Crippen LogP contribution in [0.15, 0.2) is 18.2 Å². The van der Waals surface area contributed by atoms with E-state index < -0.39 is 4.92 Å². The third-order valence-electron chi connectivity index (χ3n) is 1.55. The van der Waals surface area contributed by atoms with E-state index in [9.17, 15) is 10.1 Å². The number of nitrogens with two attached hydrogens (primary N) is 1. The zero-order chi connectivity index (χ0) is 9.84. The molecule has 0 amide bonds. The fraction of sp³-hybridized carbons (Fsp3) is 0.125. The normalized spacial score (nSPS) is 9.23. The lowest BCUT2D eigenvalue weighted by Crippen LogP contribution is -1.98. The van der Waals surface area contributed by atoms with Crippen LogP contribution in [0.3, 0.4) is 0 Å². The summed E-state index contributed by atoms with van der Waals surface area (Å²) in [6, 6.07) is 5.96. The van der Waals surface area contributed by atoms with E-state index in [1.54, 1.807) is 0 Å². The first-order chi connectivity index (χ1) is 6.17. The Morgan fingerprint density at radius 2 is 2.23 bits per heavy atom. The Balaban J connectivity index is 3.24. The largest absolute Gasteiger partial charge is 0.326 e. The molecule has 0 heterocycles. The molecule has 0 saturated carbocycles. The van der Waals surface area contributed by atoms with Crippen LogP contribution in [0.5, 0.6) is 0 Å². The summed E-state index contributed by atoms with van der Waals surface area (Å²) in [5.41, 5.74) is 6.06. The van der Waals surface area contributed by atoms with Crippen LogP contribution in [0.2, 0.25) is 0 Å². The van der Waals surface area contributed by atoms with E-state index >= 15 is 0 Å². The fourth-order valence-corrected chi connectivity index (χ4v) is 0.962. The van der Waals surface area contributed by atoms with Crippen molar-refractivity contribution >= 4 is 5.69 Å².